The van der Waals surface area contributed by atoms with Crippen LogP contribution in [0.25, 0.3) is 0 Å². The Morgan fingerprint density at radius 3 is 2.20 bits per heavy atom. The summed E-state index contributed by atoms with van der Waals surface area (Å²) in [6.07, 6.45) is -0.855. The molecule has 0 fully saturated rings. The Bertz CT molecular complexity index is 602. The van der Waals surface area contributed by atoms with Crippen LogP contribution in [0.5, 0.6) is 17.2 Å². The van der Waals surface area contributed by atoms with Crippen molar-refractivity contribution in [1.29, 1.82) is 0 Å². The highest BCUT2D eigenvalue weighted by molar-refractivity contribution is 9.10. The zero-order valence-corrected chi connectivity index (χ0v) is 13.6. The smallest absolute Gasteiger partial charge is 0.164 e. The second-order valence-corrected chi connectivity index (χ2v) is 5.50. The number of nitrogens with zero attached hydrogens (tertiary/aromatic N) is 1. The number of hydrogen-bond donors (Lipinski definition) is 1. The van der Waals surface area contributed by atoms with Crippen LogP contribution in [0, 0.1) is 0 Å². The molecule has 0 radical (unpaired) electrons. The number of ether oxygens (including phenoxy) is 3. The number of methoxy groups -OCH3 is 3. The van der Waals surface area contributed by atoms with Gasteiger partial charge in [-0.15, -0.1) is 11.3 Å². The first-order valence-electron chi connectivity index (χ1n) is 5.69. The highest BCUT2D eigenvalue weighted by Gasteiger charge is 2.22. The van der Waals surface area contributed by atoms with E-state index in [1.807, 2.05) is 0 Å². The van der Waals surface area contributed by atoms with E-state index in [0.717, 1.165) is 0 Å². The lowest BCUT2D eigenvalue weighted by molar-refractivity contribution is 0.216. The molecule has 0 aliphatic heterocycles. The fourth-order valence-electron chi connectivity index (χ4n) is 1.83. The third-order valence-corrected chi connectivity index (χ3v) is 4.60. The largest absolute Gasteiger partial charge is 0.496 e. The molecule has 5 nitrogen and oxygen atoms in total. The van der Waals surface area contributed by atoms with Gasteiger partial charge in [-0.2, -0.15) is 0 Å². The van der Waals surface area contributed by atoms with Crippen molar-refractivity contribution in [3.8, 4) is 17.2 Å². The summed E-state index contributed by atoms with van der Waals surface area (Å²) in [5, 5.41) is 10.5. The van der Waals surface area contributed by atoms with Gasteiger partial charge in [0.05, 0.1) is 31.7 Å². The van der Waals surface area contributed by atoms with Crippen molar-refractivity contribution in [2.75, 3.05) is 21.3 Å². The molecule has 0 aliphatic carbocycles. The molecule has 0 saturated carbocycles. The van der Waals surface area contributed by atoms with Gasteiger partial charge in [0, 0.05) is 11.6 Å². The second-order valence-electron chi connectivity index (χ2n) is 3.86. The molecule has 20 heavy (non-hydrogen) atoms. The maximum absolute atomic E-state index is 10.5. The number of thiazole rings is 1. The molecular formula is C13H14BrNO4S. The molecule has 2 aromatic rings. The van der Waals surface area contributed by atoms with E-state index in [1.165, 1.54) is 11.3 Å². The van der Waals surface area contributed by atoms with Gasteiger partial charge < -0.3 is 19.3 Å². The van der Waals surface area contributed by atoms with Gasteiger partial charge in [0.25, 0.3) is 0 Å². The van der Waals surface area contributed by atoms with Crippen molar-refractivity contribution < 1.29 is 19.3 Å². The van der Waals surface area contributed by atoms with Gasteiger partial charge in [-0.3, -0.25) is 0 Å². The zero-order chi connectivity index (χ0) is 14.7. The van der Waals surface area contributed by atoms with E-state index in [2.05, 4.69) is 20.9 Å². The Hall–Kier alpha value is -1.31. The highest BCUT2D eigenvalue weighted by Crippen LogP contribution is 2.41. The Balaban J connectivity index is 2.52. The Kier molecular flexibility index (Phi) is 4.85. The Morgan fingerprint density at radius 2 is 1.70 bits per heavy atom. The number of rotatable bonds is 5. The predicted molar refractivity (Wildman–Crippen MR) is 80.0 cm³/mol. The van der Waals surface area contributed by atoms with Crippen molar-refractivity contribution in [2.24, 2.45) is 0 Å². The van der Waals surface area contributed by atoms with Crippen LogP contribution in [0.15, 0.2) is 22.2 Å². The number of aliphatic hydroxyl groups is 1. The quantitative estimate of drug-likeness (QED) is 0.888. The molecule has 1 atom stereocenters. The molecule has 1 N–H and O–H groups in total. The number of benzene rings is 1. The van der Waals surface area contributed by atoms with Gasteiger partial charge in [-0.05, 0) is 22.0 Å². The van der Waals surface area contributed by atoms with Crippen LogP contribution in [-0.2, 0) is 0 Å². The standard InChI is InChI=1S/C13H14BrNO4S/c1-17-8-5-10(19-3)9(18-2)4-7(8)11(16)12-13(14)15-6-20-12/h4-6,11,16H,1-3H3. The van der Waals surface area contributed by atoms with E-state index >= 15 is 0 Å². The lowest BCUT2D eigenvalue weighted by atomic mass is 10.1. The van der Waals surface area contributed by atoms with E-state index < -0.39 is 6.10 Å². The van der Waals surface area contributed by atoms with Crippen LogP contribution >= 0.6 is 27.3 Å². The van der Waals surface area contributed by atoms with Gasteiger partial charge in [-0.25, -0.2) is 4.98 Å². The van der Waals surface area contributed by atoms with Crippen molar-refractivity contribution in [2.45, 2.75) is 6.10 Å². The molecule has 1 aromatic heterocycles. The monoisotopic (exact) mass is 359 g/mol. The van der Waals surface area contributed by atoms with Gasteiger partial charge in [0.1, 0.15) is 16.5 Å². The first-order chi connectivity index (χ1) is 9.62. The molecule has 1 heterocycles. The Morgan fingerprint density at radius 1 is 1.10 bits per heavy atom. The zero-order valence-electron chi connectivity index (χ0n) is 11.2. The molecule has 7 heteroatoms. The van der Waals surface area contributed by atoms with Gasteiger partial charge >= 0.3 is 0 Å². The van der Waals surface area contributed by atoms with Crippen molar-refractivity contribution in [3.05, 3.63) is 32.7 Å². The third kappa shape index (κ3) is 2.74. The van der Waals surface area contributed by atoms with Gasteiger partial charge in [-0.1, -0.05) is 0 Å². The molecule has 0 bridgehead atoms. The van der Waals surface area contributed by atoms with Crippen LogP contribution in [0.2, 0.25) is 0 Å². The lowest BCUT2D eigenvalue weighted by Crippen LogP contribution is -2.03. The normalized spacial score (nSPS) is 12.1. The molecule has 1 aromatic carbocycles. The minimum absolute atomic E-state index is 0.524. The van der Waals surface area contributed by atoms with E-state index in [4.69, 9.17) is 14.2 Å². The van der Waals surface area contributed by atoms with Crippen LogP contribution < -0.4 is 14.2 Å². The van der Waals surface area contributed by atoms with Crippen LogP contribution in [0.1, 0.15) is 16.5 Å². The van der Waals surface area contributed by atoms with Crippen molar-refractivity contribution >= 4 is 27.3 Å². The predicted octanol–water partition coefficient (Wildman–Crippen LogP) is 3.01. The lowest BCUT2D eigenvalue weighted by Gasteiger charge is -2.17. The fraction of sp³-hybridized carbons (Fsp3) is 0.308. The average Bonchev–Trinajstić information content (AvgIpc) is 2.91. The van der Waals surface area contributed by atoms with E-state index in [9.17, 15) is 5.11 Å². The maximum Gasteiger partial charge on any atom is 0.164 e. The summed E-state index contributed by atoms with van der Waals surface area (Å²) in [6, 6.07) is 3.39. The minimum atomic E-state index is -0.855. The summed E-state index contributed by atoms with van der Waals surface area (Å²) in [6.45, 7) is 0. The van der Waals surface area contributed by atoms with E-state index in [-0.39, 0.29) is 0 Å². The van der Waals surface area contributed by atoms with Crippen molar-refractivity contribution in [3.63, 3.8) is 0 Å². The minimum Gasteiger partial charge on any atom is -0.496 e. The van der Waals surface area contributed by atoms with Crippen molar-refractivity contribution in [1.82, 2.24) is 4.98 Å². The molecule has 0 saturated heterocycles. The number of halogens is 1. The maximum atomic E-state index is 10.5. The summed E-state index contributed by atoms with van der Waals surface area (Å²) in [5.41, 5.74) is 2.26. The van der Waals surface area contributed by atoms with E-state index in [1.54, 1.807) is 39.0 Å². The SMILES string of the molecule is COc1cc(OC)c(C(O)c2scnc2Br)cc1OC. The fourth-order valence-corrected chi connectivity index (χ4v) is 3.24. The van der Waals surface area contributed by atoms with Crippen LogP contribution in [-0.4, -0.2) is 31.4 Å². The molecule has 0 spiro atoms. The number of aromatic nitrogens is 1. The molecular weight excluding hydrogens is 346 g/mol. The molecule has 108 valence electrons. The first-order valence-corrected chi connectivity index (χ1v) is 7.36. The third-order valence-electron chi connectivity index (χ3n) is 2.83. The topological polar surface area (TPSA) is 60.8 Å². The number of aliphatic hydroxyl groups excluding tert-OH is 1. The summed E-state index contributed by atoms with van der Waals surface area (Å²) >= 11 is 4.68. The molecule has 2 rings (SSSR count). The summed E-state index contributed by atoms with van der Waals surface area (Å²) in [7, 11) is 4.63. The first kappa shape index (κ1) is 15.1. The highest BCUT2D eigenvalue weighted by atomic mass is 79.9. The summed E-state index contributed by atoms with van der Waals surface area (Å²) in [4.78, 5) is 4.78. The molecule has 0 amide bonds. The summed E-state index contributed by atoms with van der Waals surface area (Å²) in [5.74, 6) is 1.60. The average molecular weight is 360 g/mol. The van der Waals surface area contributed by atoms with E-state index in [0.29, 0.717) is 32.3 Å². The Labute approximate surface area is 129 Å². The number of hydrogen-bond acceptors (Lipinski definition) is 6. The molecule has 1 unspecified atom stereocenters. The second kappa shape index (κ2) is 6.43. The van der Waals surface area contributed by atoms with Gasteiger partial charge in [0.2, 0.25) is 0 Å². The summed E-state index contributed by atoms with van der Waals surface area (Å²) < 4.78 is 16.4. The van der Waals surface area contributed by atoms with Crippen LogP contribution in [0.3, 0.4) is 0 Å². The molecule has 0 aliphatic rings. The van der Waals surface area contributed by atoms with Crippen LogP contribution in [0.4, 0.5) is 0 Å². The van der Waals surface area contributed by atoms with Gasteiger partial charge in [0.15, 0.2) is 11.5 Å².